The Bertz CT molecular complexity index is 999. The fraction of sp³-hybridized carbons (Fsp3) is 0.167. The molecular weight excluding hydrogens is 387 g/mol. The number of benzene rings is 2. The van der Waals surface area contributed by atoms with Gasteiger partial charge in [-0.05, 0) is 37.3 Å². The van der Waals surface area contributed by atoms with E-state index in [0.29, 0.717) is 5.52 Å². The molecule has 0 fully saturated rings. The lowest BCUT2D eigenvalue weighted by Crippen LogP contribution is -2.30. The third kappa shape index (κ3) is 4.51. The van der Waals surface area contributed by atoms with Crippen LogP contribution in [0.15, 0.2) is 42.6 Å². The maximum Gasteiger partial charge on any atom is 0.573 e. The fourth-order valence-corrected chi connectivity index (χ4v) is 2.43. The Morgan fingerprint density at radius 3 is 2.32 bits per heavy atom. The zero-order valence-electron chi connectivity index (χ0n) is 14.2. The highest BCUT2D eigenvalue weighted by Crippen LogP contribution is 2.27. The number of rotatable bonds is 5. The summed E-state index contributed by atoms with van der Waals surface area (Å²) in [6, 6.07) is 6.44. The highest BCUT2D eigenvalue weighted by molar-refractivity contribution is 6.03. The normalized spacial score (nSPS) is 12.6. The van der Waals surface area contributed by atoms with Crippen LogP contribution in [-0.4, -0.2) is 23.4 Å². The molecule has 2 aromatic carbocycles. The maximum atomic E-state index is 13.4. The van der Waals surface area contributed by atoms with Crippen molar-refractivity contribution in [2.75, 3.05) is 5.32 Å². The highest BCUT2D eigenvalue weighted by Gasteiger charge is 2.31. The molecule has 1 atom stereocenters. The highest BCUT2D eigenvalue weighted by atomic mass is 19.4. The van der Waals surface area contributed by atoms with Crippen LogP contribution < -0.4 is 14.8 Å². The second-order valence-electron chi connectivity index (χ2n) is 5.78. The number of nitrogens with one attached hydrogen (secondary N) is 2. The standard InChI is InChI=1S/C18H13F5N2O3/c1-9(27-10-2-4-11(5-3-10)28-18(21,22)23)17(26)25-16-8-24-15-7-14(20)13(19)6-12(15)16/h2-9,24H,1H3,(H,25,26). The van der Waals surface area contributed by atoms with Crippen LogP contribution in [-0.2, 0) is 4.79 Å². The third-order valence-electron chi connectivity index (χ3n) is 3.72. The molecule has 0 aliphatic rings. The van der Waals surface area contributed by atoms with Crippen molar-refractivity contribution < 1.29 is 36.2 Å². The molecule has 0 bridgehead atoms. The van der Waals surface area contributed by atoms with Crippen LogP contribution in [0.1, 0.15) is 6.92 Å². The Morgan fingerprint density at radius 2 is 1.68 bits per heavy atom. The molecule has 0 spiro atoms. The first-order valence-corrected chi connectivity index (χ1v) is 7.92. The van der Waals surface area contributed by atoms with Crippen molar-refractivity contribution in [3.05, 3.63) is 54.2 Å². The molecule has 5 nitrogen and oxygen atoms in total. The number of aromatic nitrogens is 1. The van der Waals surface area contributed by atoms with E-state index in [9.17, 15) is 26.7 Å². The molecule has 1 aromatic heterocycles. The van der Waals surface area contributed by atoms with Gasteiger partial charge in [0.05, 0.1) is 11.2 Å². The lowest BCUT2D eigenvalue weighted by molar-refractivity contribution is -0.274. The summed E-state index contributed by atoms with van der Waals surface area (Å²) in [5.74, 6) is -2.97. The van der Waals surface area contributed by atoms with Crippen molar-refractivity contribution in [1.29, 1.82) is 0 Å². The van der Waals surface area contributed by atoms with Gasteiger partial charge in [0, 0.05) is 17.6 Å². The second-order valence-corrected chi connectivity index (χ2v) is 5.78. The van der Waals surface area contributed by atoms with Crippen molar-refractivity contribution in [2.24, 2.45) is 0 Å². The Kier molecular flexibility index (Phi) is 5.12. The Morgan fingerprint density at radius 1 is 1.07 bits per heavy atom. The minimum atomic E-state index is -4.81. The van der Waals surface area contributed by atoms with Gasteiger partial charge >= 0.3 is 6.36 Å². The van der Waals surface area contributed by atoms with E-state index in [1.54, 1.807) is 0 Å². The number of carbonyl (C=O) groups excluding carboxylic acids is 1. The van der Waals surface area contributed by atoms with Crippen LogP contribution in [0.2, 0.25) is 0 Å². The van der Waals surface area contributed by atoms with Crippen LogP contribution in [0.4, 0.5) is 27.6 Å². The predicted octanol–water partition coefficient (Wildman–Crippen LogP) is 4.75. The molecule has 10 heteroatoms. The summed E-state index contributed by atoms with van der Waals surface area (Å²) < 4.78 is 72.2. The number of halogens is 5. The van der Waals surface area contributed by atoms with Crippen LogP contribution in [0.3, 0.4) is 0 Å². The van der Waals surface area contributed by atoms with Gasteiger partial charge in [0.2, 0.25) is 0 Å². The van der Waals surface area contributed by atoms with Gasteiger partial charge in [0.1, 0.15) is 11.5 Å². The monoisotopic (exact) mass is 400 g/mol. The number of H-pyrrole nitrogens is 1. The van der Waals surface area contributed by atoms with E-state index in [1.165, 1.54) is 25.3 Å². The van der Waals surface area contributed by atoms with Gasteiger partial charge in [-0.1, -0.05) is 0 Å². The van der Waals surface area contributed by atoms with Gasteiger partial charge in [-0.2, -0.15) is 0 Å². The molecule has 0 saturated heterocycles. The summed E-state index contributed by atoms with van der Waals surface area (Å²) in [5, 5.41) is 2.79. The van der Waals surface area contributed by atoms with Gasteiger partial charge < -0.3 is 19.8 Å². The predicted molar refractivity (Wildman–Crippen MR) is 90.1 cm³/mol. The van der Waals surface area contributed by atoms with E-state index in [0.717, 1.165) is 24.3 Å². The van der Waals surface area contributed by atoms with Gasteiger partial charge in [-0.3, -0.25) is 4.79 Å². The Balaban J connectivity index is 1.66. The van der Waals surface area contributed by atoms with E-state index in [2.05, 4.69) is 15.0 Å². The maximum absolute atomic E-state index is 13.4. The third-order valence-corrected chi connectivity index (χ3v) is 3.72. The minimum absolute atomic E-state index is 0.143. The summed E-state index contributed by atoms with van der Waals surface area (Å²) in [6.07, 6.45) is -4.46. The van der Waals surface area contributed by atoms with E-state index in [4.69, 9.17) is 4.74 Å². The number of aromatic amines is 1. The summed E-state index contributed by atoms with van der Waals surface area (Å²) in [7, 11) is 0. The van der Waals surface area contributed by atoms with Crippen molar-refractivity contribution in [2.45, 2.75) is 19.4 Å². The first kappa shape index (κ1) is 19.5. The van der Waals surface area contributed by atoms with Crippen LogP contribution in [0.5, 0.6) is 11.5 Å². The number of carbonyl (C=O) groups is 1. The molecule has 3 rings (SSSR count). The molecule has 0 radical (unpaired) electrons. The average molecular weight is 400 g/mol. The van der Waals surface area contributed by atoms with E-state index >= 15 is 0 Å². The zero-order chi connectivity index (χ0) is 20.5. The number of alkyl halides is 3. The number of anilines is 1. The number of ether oxygens (including phenoxy) is 2. The van der Waals surface area contributed by atoms with Crippen LogP contribution in [0.25, 0.3) is 10.9 Å². The van der Waals surface area contributed by atoms with Gasteiger partial charge in [-0.15, -0.1) is 13.2 Å². The molecule has 1 unspecified atom stereocenters. The molecule has 0 saturated carbocycles. The van der Waals surface area contributed by atoms with E-state index in [-0.39, 0.29) is 16.8 Å². The molecule has 28 heavy (non-hydrogen) atoms. The topological polar surface area (TPSA) is 63.4 Å². The van der Waals surface area contributed by atoms with Crippen molar-refractivity contribution in [1.82, 2.24) is 4.98 Å². The summed E-state index contributed by atoms with van der Waals surface area (Å²) in [4.78, 5) is 15.0. The van der Waals surface area contributed by atoms with Gasteiger partial charge in [0.25, 0.3) is 5.91 Å². The van der Waals surface area contributed by atoms with Crippen molar-refractivity contribution in [3.63, 3.8) is 0 Å². The van der Waals surface area contributed by atoms with E-state index in [1.807, 2.05) is 0 Å². The molecule has 0 aliphatic heterocycles. The first-order valence-electron chi connectivity index (χ1n) is 7.92. The second kappa shape index (κ2) is 7.37. The lowest BCUT2D eigenvalue weighted by Gasteiger charge is -2.15. The Hall–Kier alpha value is -3.30. The van der Waals surface area contributed by atoms with Crippen molar-refractivity contribution >= 4 is 22.5 Å². The summed E-state index contributed by atoms with van der Waals surface area (Å²) >= 11 is 0. The first-order chi connectivity index (χ1) is 13.1. The van der Waals surface area contributed by atoms with Gasteiger partial charge in [-0.25, -0.2) is 8.78 Å². The SMILES string of the molecule is CC(Oc1ccc(OC(F)(F)F)cc1)C(=O)Nc1c[nH]c2cc(F)c(F)cc12. The lowest BCUT2D eigenvalue weighted by atomic mass is 10.2. The van der Waals surface area contributed by atoms with Crippen LogP contribution >= 0.6 is 0 Å². The van der Waals surface area contributed by atoms with Gasteiger partial charge in [0.15, 0.2) is 17.7 Å². The van der Waals surface area contributed by atoms with E-state index < -0.39 is 35.8 Å². The average Bonchev–Trinajstić information content (AvgIpc) is 2.97. The van der Waals surface area contributed by atoms with Crippen molar-refractivity contribution in [3.8, 4) is 11.5 Å². The molecule has 1 heterocycles. The van der Waals surface area contributed by atoms with Crippen LogP contribution in [0, 0.1) is 11.6 Å². The minimum Gasteiger partial charge on any atom is -0.481 e. The summed E-state index contributed by atoms with van der Waals surface area (Å²) in [5.41, 5.74) is 0.520. The molecule has 2 N–H and O–H groups in total. The quantitative estimate of drug-likeness (QED) is 0.608. The molecule has 1 amide bonds. The Labute approximate surface area is 155 Å². The largest absolute Gasteiger partial charge is 0.573 e. The molecule has 148 valence electrons. The molecular formula is C18H13F5N2O3. The number of hydrogen-bond donors (Lipinski definition) is 2. The zero-order valence-corrected chi connectivity index (χ0v) is 14.2. The fourth-order valence-electron chi connectivity index (χ4n) is 2.43. The molecule has 0 aliphatic carbocycles. The number of fused-ring (bicyclic) bond motifs is 1. The smallest absolute Gasteiger partial charge is 0.481 e. The number of amides is 1. The number of hydrogen-bond acceptors (Lipinski definition) is 3. The molecule has 3 aromatic rings. The summed E-state index contributed by atoms with van der Waals surface area (Å²) in [6.45, 7) is 1.42.